The largest absolute Gasteiger partial charge is 0.340 e. The summed E-state index contributed by atoms with van der Waals surface area (Å²) in [6, 6.07) is 0.522. The molecule has 5 heteroatoms. The lowest BCUT2D eigenvalue weighted by molar-refractivity contribution is 0.247. The second-order valence-electron chi connectivity index (χ2n) is 6.59. The fourth-order valence-corrected chi connectivity index (χ4v) is 2.75. The number of nitrogens with one attached hydrogen (secondary N) is 1. The van der Waals surface area contributed by atoms with Crippen LogP contribution in [0, 0.1) is 5.92 Å². The molecule has 1 saturated heterocycles. The molecule has 0 amide bonds. The molecule has 0 radical (unpaired) electrons. The van der Waals surface area contributed by atoms with Gasteiger partial charge in [-0.2, -0.15) is 0 Å². The minimum Gasteiger partial charge on any atom is -0.340 e. The Hall–Kier alpha value is -1.20. The molecule has 118 valence electrons. The van der Waals surface area contributed by atoms with Gasteiger partial charge in [-0.3, -0.25) is 0 Å². The number of anilines is 1. The van der Waals surface area contributed by atoms with Gasteiger partial charge in [-0.15, -0.1) is 0 Å². The van der Waals surface area contributed by atoms with Gasteiger partial charge < -0.3 is 15.1 Å². The molecule has 0 aliphatic carbocycles. The Morgan fingerprint density at radius 2 is 2.10 bits per heavy atom. The van der Waals surface area contributed by atoms with E-state index in [9.17, 15) is 0 Å². The van der Waals surface area contributed by atoms with Gasteiger partial charge in [-0.1, -0.05) is 13.8 Å². The molecule has 1 aromatic heterocycles. The fourth-order valence-electron chi connectivity index (χ4n) is 2.75. The first-order chi connectivity index (χ1) is 10.1. The van der Waals surface area contributed by atoms with E-state index in [0.29, 0.717) is 12.0 Å². The second kappa shape index (κ2) is 7.71. The molecule has 21 heavy (non-hydrogen) atoms. The summed E-state index contributed by atoms with van der Waals surface area (Å²) in [5.74, 6) is 1.50. The quantitative estimate of drug-likeness (QED) is 0.865. The maximum Gasteiger partial charge on any atom is 0.225 e. The van der Waals surface area contributed by atoms with E-state index >= 15 is 0 Å². The zero-order valence-electron chi connectivity index (χ0n) is 13.8. The van der Waals surface area contributed by atoms with Crippen LogP contribution < -0.4 is 10.2 Å². The van der Waals surface area contributed by atoms with E-state index in [2.05, 4.69) is 53.0 Å². The standard InChI is InChI=1S/C16H29N5/c1-13(2)8-17-9-14-10-18-16(19-11-14)21(4)15-6-5-7-20(3)12-15/h10-11,13,15,17H,5-9,12H2,1-4H3. The van der Waals surface area contributed by atoms with Crippen molar-refractivity contribution in [2.75, 3.05) is 38.6 Å². The average Bonchev–Trinajstić information content (AvgIpc) is 2.47. The van der Waals surface area contributed by atoms with Crippen LogP contribution >= 0.6 is 0 Å². The molecule has 1 aliphatic rings. The highest BCUT2D eigenvalue weighted by atomic mass is 15.3. The highest BCUT2D eigenvalue weighted by molar-refractivity contribution is 5.30. The van der Waals surface area contributed by atoms with Gasteiger partial charge in [0.15, 0.2) is 0 Å². The summed E-state index contributed by atoms with van der Waals surface area (Å²) in [4.78, 5) is 13.7. The third-order valence-electron chi connectivity index (χ3n) is 4.04. The molecular weight excluding hydrogens is 262 g/mol. The van der Waals surface area contributed by atoms with E-state index < -0.39 is 0 Å². The van der Waals surface area contributed by atoms with Crippen LogP contribution in [0.15, 0.2) is 12.4 Å². The lowest BCUT2D eigenvalue weighted by Crippen LogP contribution is -2.45. The van der Waals surface area contributed by atoms with Crippen molar-refractivity contribution in [2.24, 2.45) is 5.92 Å². The Morgan fingerprint density at radius 3 is 2.71 bits per heavy atom. The molecule has 0 bridgehead atoms. The molecule has 0 spiro atoms. The molecular formula is C16H29N5. The van der Waals surface area contributed by atoms with Crippen LogP contribution in [0.2, 0.25) is 0 Å². The fraction of sp³-hybridized carbons (Fsp3) is 0.750. The molecule has 2 heterocycles. The van der Waals surface area contributed by atoms with Gasteiger partial charge in [0.25, 0.3) is 0 Å². The minimum absolute atomic E-state index is 0.522. The number of hydrogen-bond acceptors (Lipinski definition) is 5. The van der Waals surface area contributed by atoms with E-state index in [1.54, 1.807) is 0 Å². The Balaban J connectivity index is 1.88. The van der Waals surface area contributed by atoms with Crippen molar-refractivity contribution in [3.05, 3.63) is 18.0 Å². The van der Waals surface area contributed by atoms with Gasteiger partial charge in [0.2, 0.25) is 5.95 Å². The lowest BCUT2D eigenvalue weighted by atomic mass is 10.1. The number of likely N-dealkylation sites (tertiary alicyclic amines) is 1. The summed E-state index contributed by atoms with van der Waals surface area (Å²) in [7, 11) is 4.29. The maximum absolute atomic E-state index is 4.53. The van der Waals surface area contributed by atoms with Gasteiger partial charge in [-0.05, 0) is 38.9 Å². The number of likely N-dealkylation sites (N-methyl/N-ethyl adjacent to an activating group) is 2. The number of hydrogen-bond donors (Lipinski definition) is 1. The SMILES string of the molecule is CC(C)CNCc1cnc(N(C)C2CCCN(C)C2)nc1. The maximum atomic E-state index is 4.53. The second-order valence-corrected chi connectivity index (χ2v) is 6.59. The van der Waals surface area contributed by atoms with Crippen molar-refractivity contribution in [1.82, 2.24) is 20.2 Å². The van der Waals surface area contributed by atoms with Crippen LogP contribution in [-0.2, 0) is 6.54 Å². The molecule has 1 aliphatic heterocycles. The zero-order valence-corrected chi connectivity index (χ0v) is 13.8. The van der Waals surface area contributed by atoms with Crippen molar-refractivity contribution in [3.8, 4) is 0 Å². The summed E-state index contributed by atoms with van der Waals surface area (Å²) in [5, 5.41) is 3.42. The van der Waals surface area contributed by atoms with Gasteiger partial charge in [0, 0.05) is 44.1 Å². The molecule has 1 fully saturated rings. The number of nitrogens with zero attached hydrogens (tertiary/aromatic N) is 4. The molecule has 1 aromatic rings. The highest BCUT2D eigenvalue weighted by Crippen LogP contribution is 2.17. The third-order valence-corrected chi connectivity index (χ3v) is 4.04. The predicted molar refractivity (Wildman–Crippen MR) is 87.5 cm³/mol. The van der Waals surface area contributed by atoms with Crippen LogP contribution in [0.3, 0.4) is 0 Å². The highest BCUT2D eigenvalue weighted by Gasteiger charge is 2.22. The molecule has 1 atom stereocenters. The van der Waals surface area contributed by atoms with Crippen molar-refractivity contribution >= 4 is 5.95 Å². The van der Waals surface area contributed by atoms with Crippen molar-refractivity contribution < 1.29 is 0 Å². The molecule has 2 rings (SSSR count). The van der Waals surface area contributed by atoms with Crippen molar-refractivity contribution in [2.45, 2.75) is 39.3 Å². The average molecular weight is 291 g/mol. The van der Waals surface area contributed by atoms with Crippen LogP contribution in [0.25, 0.3) is 0 Å². The van der Waals surface area contributed by atoms with Crippen LogP contribution in [0.1, 0.15) is 32.3 Å². The summed E-state index contributed by atoms with van der Waals surface area (Å²) in [6.45, 7) is 8.58. The number of rotatable bonds is 6. The predicted octanol–water partition coefficient (Wildman–Crippen LogP) is 1.75. The van der Waals surface area contributed by atoms with Crippen LogP contribution in [0.4, 0.5) is 5.95 Å². The van der Waals surface area contributed by atoms with E-state index in [1.807, 2.05) is 12.4 Å². The normalized spacial score (nSPS) is 20.0. The first-order valence-corrected chi connectivity index (χ1v) is 7.99. The first-order valence-electron chi connectivity index (χ1n) is 7.99. The third kappa shape index (κ3) is 4.93. The van der Waals surface area contributed by atoms with Gasteiger partial charge in [0.1, 0.15) is 0 Å². The monoisotopic (exact) mass is 291 g/mol. The van der Waals surface area contributed by atoms with Crippen molar-refractivity contribution in [3.63, 3.8) is 0 Å². The number of piperidine rings is 1. The summed E-state index contributed by atoms with van der Waals surface area (Å²) in [6.07, 6.45) is 6.36. The zero-order chi connectivity index (χ0) is 15.2. The Labute approximate surface area is 128 Å². The van der Waals surface area contributed by atoms with Crippen LogP contribution in [-0.4, -0.2) is 54.6 Å². The van der Waals surface area contributed by atoms with Gasteiger partial charge in [0.05, 0.1) is 0 Å². The van der Waals surface area contributed by atoms with Gasteiger partial charge in [-0.25, -0.2) is 9.97 Å². The summed E-state index contributed by atoms with van der Waals surface area (Å²) < 4.78 is 0. The number of aromatic nitrogens is 2. The summed E-state index contributed by atoms with van der Waals surface area (Å²) >= 11 is 0. The molecule has 5 nitrogen and oxygen atoms in total. The van der Waals surface area contributed by atoms with Crippen molar-refractivity contribution in [1.29, 1.82) is 0 Å². The molecule has 1 N–H and O–H groups in total. The minimum atomic E-state index is 0.522. The Morgan fingerprint density at radius 1 is 1.38 bits per heavy atom. The van der Waals surface area contributed by atoms with E-state index in [1.165, 1.54) is 19.4 Å². The lowest BCUT2D eigenvalue weighted by Gasteiger charge is -2.35. The van der Waals surface area contributed by atoms with Crippen LogP contribution in [0.5, 0.6) is 0 Å². The first kappa shape index (κ1) is 16.2. The Kier molecular flexibility index (Phi) is 5.94. The van der Waals surface area contributed by atoms with Gasteiger partial charge >= 0.3 is 0 Å². The summed E-state index contributed by atoms with van der Waals surface area (Å²) in [5.41, 5.74) is 1.15. The molecule has 1 unspecified atom stereocenters. The Bertz CT molecular complexity index is 417. The molecule has 0 aromatic carbocycles. The van der Waals surface area contributed by atoms with E-state index in [-0.39, 0.29) is 0 Å². The molecule has 0 saturated carbocycles. The smallest absolute Gasteiger partial charge is 0.225 e. The topological polar surface area (TPSA) is 44.3 Å². The van der Waals surface area contributed by atoms with E-state index in [4.69, 9.17) is 0 Å². The van der Waals surface area contributed by atoms with E-state index in [0.717, 1.165) is 31.1 Å².